The highest BCUT2D eigenvalue weighted by Crippen LogP contribution is 2.32. The molecule has 0 aliphatic carbocycles. The van der Waals surface area contributed by atoms with E-state index in [-0.39, 0.29) is 6.61 Å². The molecule has 0 aromatic heterocycles. The van der Waals surface area contributed by atoms with Crippen LogP contribution in [-0.2, 0) is 5.75 Å². The Labute approximate surface area is 140 Å². The molecule has 0 saturated carbocycles. The number of fused-ring (bicyclic) bond motifs is 1. The summed E-state index contributed by atoms with van der Waals surface area (Å²) in [6.45, 7) is 0.296. The third kappa shape index (κ3) is 3.78. The van der Waals surface area contributed by atoms with E-state index in [0.717, 1.165) is 22.8 Å². The molecule has 0 heterocycles. The molecule has 3 N–H and O–H groups in total. The Hall–Kier alpha value is -2.17. The number of anilines is 1. The molecule has 0 radical (unpaired) electrons. The van der Waals surface area contributed by atoms with E-state index in [9.17, 15) is 0 Å². The predicted octanol–water partition coefficient (Wildman–Crippen LogP) is 4.09. The highest BCUT2D eigenvalue weighted by atomic mass is 32.2. The second-order valence-corrected chi connectivity index (χ2v) is 6.22. The zero-order chi connectivity index (χ0) is 16.1. The molecule has 118 valence electrons. The SMILES string of the molecule is Nc1ccc(OCCO)cc1CSc1cccc2ccccc12. The van der Waals surface area contributed by atoms with Crippen LogP contribution in [0, 0.1) is 0 Å². The van der Waals surface area contributed by atoms with Gasteiger partial charge in [0.1, 0.15) is 12.4 Å². The summed E-state index contributed by atoms with van der Waals surface area (Å²) < 4.78 is 5.46. The fraction of sp³-hybridized carbons (Fsp3) is 0.158. The summed E-state index contributed by atoms with van der Waals surface area (Å²) in [6, 6.07) is 20.3. The van der Waals surface area contributed by atoms with Gasteiger partial charge in [-0.2, -0.15) is 0 Å². The monoisotopic (exact) mass is 325 g/mol. The molecule has 0 fully saturated rings. The van der Waals surface area contributed by atoms with Crippen molar-refractivity contribution in [3.05, 3.63) is 66.2 Å². The minimum atomic E-state index is 0.00443. The van der Waals surface area contributed by atoms with E-state index >= 15 is 0 Å². The van der Waals surface area contributed by atoms with E-state index in [2.05, 4.69) is 42.5 Å². The first-order valence-electron chi connectivity index (χ1n) is 7.50. The number of nitrogens with two attached hydrogens (primary N) is 1. The van der Waals surface area contributed by atoms with Crippen LogP contribution in [0.25, 0.3) is 10.8 Å². The minimum Gasteiger partial charge on any atom is -0.491 e. The average molecular weight is 325 g/mol. The maximum absolute atomic E-state index is 8.85. The Bertz CT molecular complexity index is 799. The van der Waals surface area contributed by atoms with Gasteiger partial charge in [0.15, 0.2) is 0 Å². The van der Waals surface area contributed by atoms with Crippen LogP contribution in [0.3, 0.4) is 0 Å². The molecule has 0 bridgehead atoms. The van der Waals surface area contributed by atoms with E-state index in [1.165, 1.54) is 15.7 Å². The van der Waals surface area contributed by atoms with Crippen molar-refractivity contribution in [1.29, 1.82) is 0 Å². The maximum Gasteiger partial charge on any atom is 0.119 e. The van der Waals surface area contributed by atoms with Gasteiger partial charge in [-0.15, -0.1) is 11.8 Å². The number of benzene rings is 3. The molecule has 23 heavy (non-hydrogen) atoms. The van der Waals surface area contributed by atoms with Crippen molar-refractivity contribution in [2.45, 2.75) is 10.6 Å². The number of ether oxygens (including phenoxy) is 1. The Morgan fingerprint density at radius 2 is 1.83 bits per heavy atom. The first-order valence-corrected chi connectivity index (χ1v) is 8.49. The smallest absolute Gasteiger partial charge is 0.119 e. The molecule has 0 aliphatic rings. The van der Waals surface area contributed by atoms with Crippen molar-refractivity contribution >= 4 is 28.2 Å². The molecule has 0 unspecified atom stereocenters. The average Bonchev–Trinajstić information content (AvgIpc) is 2.60. The molecular weight excluding hydrogens is 306 g/mol. The van der Waals surface area contributed by atoms with Crippen LogP contribution in [-0.4, -0.2) is 18.3 Å². The van der Waals surface area contributed by atoms with E-state index in [1.807, 2.05) is 18.2 Å². The Morgan fingerprint density at radius 3 is 2.70 bits per heavy atom. The molecular formula is C19H19NO2S. The normalized spacial score (nSPS) is 10.8. The first kappa shape index (κ1) is 15.7. The zero-order valence-corrected chi connectivity index (χ0v) is 13.6. The number of hydrogen-bond donors (Lipinski definition) is 2. The largest absolute Gasteiger partial charge is 0.491 e. The van der Waals surface area contributed by atoms with Gasteiger partial charge in [0.05, 0.1) is 6.61 Å². The van der Waals surface area contributed by atoms with E-state index in [0.29, 0.717) is 6.61 Å². The summed E-state index contributed by atoms with van der Waals surface area (Å²) in [5.74, 6) is 1.51. The quantitative estimate of drug-likeness (QED) is 0.529. The van der Waals surface area contributed by atoms with E-state index < -0.39 is 0 Å². The summed E-state index contributed by atoms with van der Waals surface area (Å²) in [4.78, 5) is 1.24. The molecule has 3 aromatic rings. The molecule has 0 amide bonds. The lowest BCUT2D eigenvalue weighted by Crippen LogP contribution is -2.02. The molecule has 3 nitrogen and oxygen atoms in total. The van der Waals surface area contributed by atoms with Gasteiger partial charge < -0.3 is 15.6 Å². The summed E-state index contributed by atoms with van der Waals surface area (Å²) in [6.07, 6.45) is 0. The van der Waals surface area contributed by atoms with E-state index in [4.69, 9.17) is 15.6 Å². The van der Waals surface area contributed by atoms with Crippen LogP contribution in [0.15, 0.2) is 65.6 Å². The topological polar surface area (TPSA) is 55.5 Å². The van der Waals surface area contributed by atoms with Crippen LogP contribution in [0.5, 0.6) is 5.75 Å². The van der Waals surface area contributed by atoms with Gasteiger partial charge in [-0.25, -0.2) is 0 Å². The number of aliphatic hydroxyl groups excluding tert-OH is 1. The minimum absolute atomic E-state index is 0.00443. The summed E-state index contributed by atoms with van der Waals surface area (Å²) in [5, 5.41) is 11.3. The maximum atomic E-state index is 8.85. The Balaban J connectivity index is 1.79. The fourth-order valence-corrected chi connectivity index (χ4v) is 3.51. The second-order valence-electron chi connectivity index (χ2n) is 5.20. The summed E-state index contributed by atoms with van der Waals surface area (Å²) >= 11 is 1.76. The lowest BCUT2D eigenvalue weighted by molar-refractivity contribution is 0.201. The van der Waals surface area contributed by atoms with Crippen molar-refractivity contribution in [2.75, 3.05) is 18.9 Å². The number of aliphatic hydroxyl groups is 1. The molecule has 0 saturated heterocycles. The lowest BCUT2D eigenvalue weighted by atomic mass is 10.1. The Morgan fingerprint density at radius 1 is 1.00 bits per heavy atom. The van der Waals surface area contributed by atoms with Crippen LogP contribution in [0.1, 0.15) is 5.56 Å². The third-order valence-electron chi connectivity index (χ3n) is 3.61. The first-order chi connectivity index (χ1) is 11.3. The van der Waals surface area contributed by atoms with Crippen LogP contribution in [0.2, 0.25) is 0 Å². The zero-order valence-electron chi connectivity index (χ0n) is 12.7. The molecule has 3 aromatic carbocycles. The van der Waals surface area contributed by atoms with Crippen LogP contribution >= 0.6 is 11.8 Å². The van der Waals surface area contributed by atoms with Crippen molar-refractivity contribution in [3.63, 3.8) is 0 Å². The predicted molar refractivity (Wildman–Crippen MR) is 96.9 cm³/mol. The number of hydrogen-bond acceptors (Lipinski definition) is 4. The van der Waals surface area contributed by atoms with Crippen LogP contribution < -0.4 is 10.5 Å². The van der Waals surface area contributed by atoms with Gasteiger partial charge in [0.25, 0.3) is 0 Å². The van der Waals surface area contributed by atoms with Crippen molar-refractivity contribution in [1.82, 2.24) is 0 Å². The summed E-state index contributed by atoms with van der Waals surface area (Å²) in [5.41, 5.74) is 7.88. The molecule has 0 atom stereocenters. The Kier molecular flexibility index (Phi) is 5.05. The van der Waals surface area contributed by atoms with Gasteiger partial charge in [0, 0.05) is 16.3 Å². The number of thioether (sulfide) groups is 1. The standard InChI is InChI=1S/C19H19NO2S/c20-18-9-8-16(22-11-10-21)12-15(18)13-23-19-7-3-5-14-4-1-2-6-17(14)19/h1-9,12,21H,10-11,13,20H2. The van der Waals surface area contributed by atoms with Gasteiger partial charge in [-0.3, -0.25) is 0 Å². The number of rotatable bonds is 6. The van der Waals surface area contributed by atoms with E-state index in [1.54, 1.807) is 11.8 Å². The van der Waals surface area contributed by atoms with Gasteiger partial charge in [-0.1, -0.05) is 36.4 Å². The van der Waals surface area contributed by atoms with Crippen molar-refractivity contribution < 1.29 is 9.84 Å². The van der Waals surface area contributed by atoms with Gasteiger partial charge in [0.2, 0.25) is 0 Å². The molecule has 0 spiro atoms. The summed E-state index contributed by atoms with van der Waals surface area (Å²) in [7, 11) is 0. The third-order valence-corrected chi connectivity index (χ3v) is 4.73. The lowest BCUT2D eigenvalue weighted by Gasteiger charge is -2.11. The van der Waals surface area contributed by atoms with Gasteiger partial charge in [-0.05, 0) is 40.6 Å². The molecule has 4 heteroatoms. The fourth-order valence-electron chi connectivity index (χ4n) is 2.44. The highest BCUT2D eigenvalue weighted by Gasteiger charge is 2.06. The number of nitrogen functional groups attached to an aromatic ring is 1. The highest BCUT2D eigenvalue weighted by molar-refractivity contribution is 7.98. The second kappa shape index (κ2) is 7.40. The molecule has 3 rings (SSSR count). The van der Waals surface area contributed by atoms with Crippen molar-refractivity contribution in [2.24, 2.45) is 0 Å². The van der Waals surface area contributed by atoms with Crippen molar-refractivity contribution in [3.8, 4) is 5.75 Å². The van der Waals surface area contributed by atoms with Crippen LogP contribution in [0.4, 0.5) is 5.69 Å². The molecule has 0 aliphatic heterocycles. The van der Waals surface area contributed by atoms with Gasteiger partial charge >= 0.3 is 0 Å².